The van der Waals surface area contributed by atoms with Gasteiger partial charge in [0.15, 0.2) is 11.6 Å². The smallest absolute Gasteiger partial charge is 0.185 e. The van der Waals surface area contributed by atoms with E-state index in [-0.39, 0.29) is 56.1 Å². The molecular formula is C70H36N8O2. The highest BCUT2D eigenvalue weighted by Gasteiger charge is 2.13. The van der Waals surface area contributed by atoms with Crippen molar-refractivity contribution in [2.24, 2.45) is 0 Å². The van der Waals surface area contributed by atoms with Gasteiger partial charge < -0.3 is 0 Å². The van der Waals surface area contributed by atoms with E-state index in [0.717, 1.165) is 11.1 Å². The average molecular weight is 1020 g/mol. The van der Waals surface area contributed by atoms with Crippen molar-refractivity contribution in [2.45, 2.75) is 0 Å². The number of benzene rings is 12. The Morgan fingerprint density at radius 1 is 0.275 bits per heavy atom. The molecule has 0 saturated heterocycles. The van der Waals surface area contributed by atoms with Crippen LogP contribution in [0.1, 0.15) is 76.4 Å². The lowest BCUT2D eigenvalue weighted by molar-refractivity contribution is 0.103. The van der Waals surface area contributed by atoms with Crippen molar-refractivity contribution in [3.63, 3.8) is 0 Å². The lowest BCUT2D eigenvalue weighted by Crippen LogP contribution is -1.93. The minimum Gasteiger partial charge on any atom is -0.289 e. The zero-order valence-electron chi connectivity index (χ0n) is 42.2. The van der Waals surface area contributed by atoms with Gasteiger partial charge in [-0.2, -0.15) is 42.1 Å². The van der Waals surface area contributed by atoms with Crippen LogP contribution in [0.15, 0.2) is 206 Å². The van der Waals surface area contributed by atoms with Crippen LogP contribution >= 0.6 is 0 Å². The van der Waals surface area contributed by atoms with Gasteiger partial charge in [-0.25, -0.2) is 0 Å². The third-order valence-electron chi connectivity index (χ3n) is 13.3. The van der Waals surface area contributed by atoms with Gasteiger partial charge in [-0.15, -0.1) is 0 Å². The molecule has 12 rings (SSSR count). The minimum atomic E-state index is 0.0243. The van der Waals surface area contributed by atoms with Crippen LogP contribution in [0.5, 0.6) is 0 Å². The summed E-state index contributed by atoms with van der Waals surface area (Å²) in [5, 5.41) is 84.1. The molecule has 12 aromatic carbocycles. The molecule has 0 heterocycles. The molecule has 368 valence electrons. The molecule has 0 amide bonds. The van der Waals surface area contributed by atoms with Crippen LogP contribution in [0, 0.1) is 90.6 Å². The van der Waals surface area contributed by atoms with E-state index in [2.05, 4.69) is 109 Å². The van der Waals surface area contributed by atoms with E-state index in [1.54, 1.807) is 60.7 Å². The molecule has 0 spiro atoms. The number of allylic oxidation sites excluding steroid dienone is 2. The Bertz CT molecular complexity index is 4310. The van der Waals surface area contributed by atoms with Crippen molar-refractivity contribution in [1.29, 1.82) is 42.1 Å². The Labute approximate surface area is 459 Å². The molecule has 0 aliphatic heterocycles. The van der Waals surface area contributed by atoms with E-state index in [9.17, 15) is 9.59 Å². The Balaban J connectivity index is 0.000000135. The molecule has 10 nitrogen and oxygen atoms in total. The molecule has 0 bridgehead atoms. The number of rotatable bonds is 6. The summed E-state index contributed by atoms with van der Waals surface area (Å²) in [5.74, 6) is 0.0487. The molecule has 0 N–H and O–H groups in total. The Morgan fingerprint density at radius 2 is 0.525 bits per heavy atom. The van der Waals surface area contributed by atoms with Gasteiger partial charge >= 0.3 is 0 Å². The first-order chi connectivity index (χ1) is 39.1. The molecule has 0 aliphatic rings. The van der Waals surface area contributed by atoms with Crippen LogP contribution < -0.4 is 0 Å². The van der Waals surface area contributed by atoms with E-state index < -0.39 is 0 Å². The summed E-state index contributed by atoms with van der Waals surface area (Å²) in [4.78, 5) is 24.8. The fraction of sp³-hybridized carbons (Fsp3) is 0. The second-order valence-corrected chi connectivity index (χ2v) is 17.9. The van der Waals surface area contributed by atoms with Crippen molar-refractivity contribution in [3.05, 3.63) is 273 Å². The molecule has 0 atom stereocenters. The van der Waals surface area contributed by atoms with Crippen molar-refractivity contribution in [1.82, 2.24) is 0 Å². The number of nitriles is 8. The van der Waals surface area contributed by atoms with E-state index in [1.807, 2.05) is 72.8 Å². The molecule has 12 aromatic rings. The molecular weight excluding hydrogens is 985 g/mol. The zero-order valence-corrected chi connectivity index (χ0v) is 42.2. The highest BCUT2D eigenvalue weighted by Crippen LogP contribution is 2.38. The van der Waals surface area contributed by atoms with E-state index >= 15 is 0 Å². The third-order valence-corrected chi connectivity index (χ3v) is 13.3. The standard InChI is InChI=1S/2C25H16O.2C10H2N4/c2*26-23(18-5-2-1-3-6-18)16-14-17-9-10-21-12-11-19-7-4-8-20-13-15-22(17)25(21)24(19)20;2*11-3-7-1-8(4-12)10(6-14)2-9(7)5-13/h2*1-16H;2*1-2H/b2*16-14-;;. The van der Waals surface area contributed by atoms with Crippen LogP contribution in [0.25, 0.3) is 76.8 Å². The Kier molecular flexibility index (Phi) is 15.5. The SMILES string of the molecule is N#Cc1cc(C#N)c(C#N)cc1C#N.N#Cc1cc(C#N)c(C#N)cc1C#N.O=C(/C=C\c1ccc2ccc3cccc4ccc1c2c34)c1ccccc1.O=C(/C=C\c1ccc2ccc3cccc4ccc1c2c34)c1ccccc1. The first-order valence-corrected chi connectivity index (χ1v) is 24.6. The predicted octanol–water partition coefficient (Wildman–Crippen LogP) is 15.3. The van der Waals surface area contributed by atoms with Crippen molar-refractivity contribution >= 4 is 88.4 Å². The molecule has 0 unspecified atom stereocenters. The van der Waals surface area contributed by atoms with Crippen LogP contribution in [0.2, 0.25) is 0 Å². The zero-order chi connectivity index (χ0) is 56.1. The second kappa shape index (κ2) is 23.8. The van der Waals surface area contributed by atoms with Crippen LogP contribution in [0.4, 0.5) is 0 Å². The summed E-state index contributed by atoms with van der Waals surface area (Å²) in [6.45, 7) is 0. The maximum absolute atomic E-state index is 12.4. The van der Waals surface area contributed by atoms with Gasteiger partial charge in [0.2, 0.25) is 0 Å². The summed E-state index contributed by atoms with van der Waals surface area (Å²) in [5.41, 5.74) is 4.47. The number of hydrogen-bond donors (Lipinski definition) is 0. The number of carbonyl (C=O) groups is 2. The third kappa shape index (κ3) is 10.7. The van der Waals surface area contributed by atoms with E-state index in [0.29, 0.717) is 11.1 Å². The quantitative estimate of drug-likeness (QED) is 0.0869. The predicted molar refractivity (Wildman–Crippen MR) is 311 cm³/mol. The molecule has 0 saturated carbocycles. The molecule has 0 aromatic heterocycles. The fourth-order valence-electron chi connectivity index (χ4n) is 9.47. The highest BCUT2D eigenvalue weighted by molar-refractivity contribution is 6.26. The number of hydrogen-bond acceptors (Lipinski definition) is 10. The van der Waals surface area contributed by atoms with Gasteiger partial charge in [0.25, 0.3) is 0 Å². The summed E-state index contributed by atoms with van der Waals surface area (Å²) in [6, 6.07) is 76.7. The first kappa shape index (κ1) is 52.3. The van der Waals surface area contributed by atoms with Crippen LogP contribution in [-0.2, 0) is 0 Å². The number of ketones is 2. The number of carbonyl (C=O) groups excluding carboxylic acids is 2. The van der Waals surface area contributed by atoms with Crippen molar-refractivity contribution in [3.8, 4) is 48.6 Å². The largest absolute Gasteiger partial charge is 0.289 e. The maximum atomic E-state index is 12.4. The van der Waals surface area contributed by atoms with Gasteiger partial charge in [-0.3, -0.25) is 9.59 Å². The van der Waals surface area contributed by atoms with E-state index in [4.69, 9.17) is 42.1 Å². The summed E-state index contributed by atoms with van der Waals surface area (Å²) in [6.07, 6.45) is 7.20. The van der Waals surface area contributed by atoms with Crippen molar-refractivity contribution in [2.75, 3.05) is 0 Å². The lowest BCUT2D eigenvalue weighted by Gasteiger charge is -2.12. The molecule has 0 radical (unpaired) electrons. The summed E-state index contributed by atoms with van der Waals surface area (Å²) in [7, 11) is 0. The minimum absolute atomic E-state index is 0.0243. The topological polar surface area (TPSA) is 224 Å². The van der Waals surface area contributed by atoms with Gasteiger partial charge in [-0.05, 0) is 112 Å². The highest BCUT2D eigenvalue weighted by atomic mass is 16.1. The molecule has 0 fully saturated rings. The maximum Gasteiger partial charge on any atom is 0.185 e. The second-order valence-electron chi connectivity index (χ2n) is 17.9. The fourth-order valence-corrected chi connectivity index (χ4v) is 9.47. The first-order valence-electron chi connectivity index (χ1n) is 24.6. The normalized spacial score (nSPS) is 10.4. The Hall–Kier alpha value is -12.5. The lowest BCUT2D eigenvalue weighted by atomic mass is 9.92. The van der Waals surface area contributed by atoms with Crippen LogP contribution in [-0.4, -0.2) is 11.6 Å². The number of nitrogens with zero attached hydrogens (tertiary/aromatic N) is 8. The Morgan fingerprint density at radius 3 is 0.800 bits per heavy atom. The summed E-state index contributed by atoms with van der Waals surface area (Å²) < 4.78 is 0. The van der Waals surface area contributed by atoms with Gasteiger partial charge in [0.1, 0.15) is 48.6 Å². The van der Waals surface area contributed by atoms with Crippen molar-refractivity contribution < 1.29 is 9.59 Å². The molecule has 0 aliphatic carbocycles. The van der Waals surface area contributed by atoms with Crippen LogP contribution in [0.3, 0.4) is 0 Å². The van der Waals surface area contributed by atoms with Gasteiger partial charge in [-0.1, -0.05) is 182 Å². The average Bonchev–Trinajstić information content (AvgIpc) is 3.66. The molecule has 10 heteroatoms. The monoisotopic (exact) mass is 1020 g/mol. The molecule has 80 heavy (non-hydrogen) atoms. The van der Waals surface area contributed by atoms with Gasteiger partial charge in [0, 0.05) is 11.1 Å². The van der Waals surface area contributed by atoms with E-state index in [1.165, 1.54) is 88.9 Å². The summed E-state index contributed by atoms with van der Waals surface area (Å²) >= 11 is 0. The van der Waals surface area contributed by atoms with Gasteiger partial charge in [0.05, 0.1) is 44.5 Å².